The highest BCUT2D eigenvalue weighted by Gasteiger charge is 2.15. The topological polar surface area (TPSA) is 57.0 Å². The van der Waals surface area contributed by atoms with Crippen molar-refractivity contribution in [2.24, 2.45) is 7.05 Å². The van der Waals surface area contributed by atoms with Gasteiger partial charge in [-0.15, -0.1) is 11.3 Å². The molecule has 0 saturated heterocycles. The predicted octanol–water partition coefficient (Wildman–Crippen LogP) is 3.87. The molecule has 0 atom stereocenters. The summed E-state index contributed by atoms with van der Waals surface area (Å²) in [6, 6.07) is 9.18. The molecule has 0 aliphatic carbocycles. The van der Waals surface area contributed by atoms with Crippen LogP contribution in [-0.2, 0) is 7.05 Å². The Hall–Kier alpha value is -2.44. The maximum absolute atomic E-state index is 12.3. The zero-order valence-corrected chi connectivity index (χ0v) is 14.5. The Labute approximate surface area is 146 Å². The Morgan fingerprint density at radius 2 is 2.08 bits per heavy atom. The van der Waals surface area contributed by atoms with Gasteiger partial charge in [0.15, 0.2) is 0 Å². The van der Waals surface area contributed by atoms with Crippen LogP contribution in [0.5, 0.6) is 5.75 Å². The van der Waals surface area contributed by atoms with E-state index < -0.39 is 0 Å². The van der Waals surface area contributed by atoms with Crippen LogP contribution in [0.25, 0.3) is 31.7 Å². The molecule has 0 spiro atoms. The smallest absolute Gasteiger partial charge is 0.260 e. The number of aryl methyl sites for hydroxylation is 1. The average molecular weight is 358 g/mol. The van der Waals surface area contributed by atoms with E-state index in [-0.39, 0.29) is 5.56 Å². The second-order valence-corrected chi connectivity index (χ2v) is 6.78. The number of fused-ring (bicyclic) bond motifs is 2. The van der Waals surface area contributed by atoms with Crippen molar-refractivity contribution in [2.45, 2.75) is 0 Å². The third-order valence-corrected chi connectivity index (χ3v) is 5.16. The van der Waals surface area contributed by atoms with E-state index in [2.05, 4.69) is 9.97 Å². The number of hydrogen-bond donors (Lipinski definition) is 0. The van der Waals surface area contributed by atoms with Gasteiger partial charge in [-0.05, 0) is 18.2 Å². The van der Waals surface area contributed by atoms with E-state index in [9.17, 15) is 4.79 Å². The van der Waals surface area contributed by atoms with Gasteiger partial charge in [0, 0.05) is 18.7 Å². The summed E-state index contributed by atoms with van der Waals surface area (Å²) in [5.74, 6) is 0.688. The second kappa shape index (κ2) is 5.58. The first-order chi connectivity index (χ1) is 11.6. The standard InChI is InChI=1S/C17H12ClN3O2S/c1-21-8-19-14-10(4-3-5-11(14)17(21)22)16-20-15-12(18)6-9(23-2)7-13(15)24-16/h3-8H,1-2H3. The van der Waals surface area contributed by atoms with Crippen LogP contribution in [0.4, 0.5) is 0 Å². The van der Waals surface area contributed by atoms with Crippen molar-refractivity contribution in [1.29, 1.82) is 0 Å². The molecule has 0 amide bonds. The van der Waals surface area contributed by atoms with Crippen molar-refractivity contribution in [2.75, 3.05) is 7.11 Å². The van der Waals surface area contributed by atoms with Crippen LogP contribution in [0.15, 0.2) is 41.5 Å². The first kappa shape index (κ1) is 15.1. The van der Waals surface area contributed by atoms with Crippen molar-refractivity contribution >= 4 is 44.1 Å². The summed E-state index contributed by atoms with van der Waals surface area (Å²) < 4.78 is 7.65. The minimum absolute atomic E-state index is 0.0809. The highest BCUT2D eigenvalue weighted by Crippen LogP contribution is 2.37. The third kappa shape index (κ3) is 2.26. The molecule has 2 aromatic carbocycles. The monoisotopic (exact) mass is 357 g/mol. The lowest BCUT2D eigenvalue weighted by Crippen LogP contribution is -2.16. The van der Waals surface area contributed by atoms with Gasteiger partial charge in [-0.2, -0.15) is 0 Å². The lowest BCUT2D eigenvalue weighted by molar-refractivity contribution is 0.415. The van der Waals surface area contributed by atoms with Crippen molar-refractivity contribution in [3.63, 3.8) is 0 Å². The summed E-state index contributed by atoms with van der Waals surface area (Å²) in [5.41, 5.74) is 2.10. The summed E-state index contributed by atoms with van der Waals surface area (Å²) in [6.45, 7) is 0. The molecule has 7 heteroatoms. The minimum Gasteiger partial charge on any atom is -0.497 e. The number of methoxy groups -OCH3 is 1. The van der Waals surface area contributed by atoms with E-state index in [1.165, 1.54) is 22.2 Å². The van der Waals surface area contributed by atoms with Gasteiger partial charge in [0.1, 0.15) is 16.3 Å². The van der Waals surface area contributed by atoms with Crippen molar-refractivity contribution in [3.05, 3.63) is 52.0 Å². The summed E-state index contributed by atoms with van der Waals surface area (Å²) in [7, 11) is 3.29. The Kier molecular flexibility index (Phi) is 3.51. The van der Waals surface area contributed by atoms with E-state index in [4.69, 9.17) is 16.3 Å². The number of aromatic nitrogens is 3. The van der Waals surface area contributed by atoms with E-state index in [1.54, 1.807) is 26.3 Å². The normalized spacial score (nSPS) is 11.3. The zero-order chi connectivity index (χ0) is 16.8. The Morgan fingerprint density at radius 1 is 1.25 bits per heavy atom. The van der Waals surface area contributed by atoms with Crippen LogP contribution < -0.4 is 10.3 Å². The van der Waals surface area contributed by atoms with Crippen molar-refractivity contribution < 1.29 is 4.74 Å². The molecule has 0 aliphatic rings. The average Bonchev–Trinajstić information content (AvgIpc) is 3.02. The SMILES string of the molecule is COc1cc(Cl)c2nc(-c3cccc4c(=O)n(C)cnc34)sc2c1. The lowest BCUT2D eigenvalue weighted by atomic mass is 10.1. The van der Waals surface area contributed by atoms with Gasteiger partial charge < -0.3 is 9.30 Å². The van der Waals surface area contributed by atoms with Crippen LogP contribution in [0.2, 0.25) is 5.02 Å². The van der Waals surface area contributed by atoms with Gasteiger partial charge in [-0.3, -0.25) is 4.79 Å². The Bertz CT molecular complexity index is 1150. The van der Waals surface area contributed by atoms with Crippen LogP contribution in [-0.4, -0.2) is 21.6 Å². The molecule has 0 unspecified atom stereocenters. The molecule has 2 aromatic heterocycles. The summed E-state index contributed by atoms with van der Waals surface area (Å²) in [6.07, 6.45) is 1.53. The van der Waals surface area contributed by atoms with Crippen LogP contribution in [0, 0.1) is 0 Å². The first-order valence-electron chi connectivity index (χ1n) is 7.17. The molecule has 0 N–H and O–H groups in total. The van der Waals surface area contributed by atoms with Crippen molar-refractivity contribution in [1.82, 2.24) is 14.5 Å². The number of ether oxygens (including phenoxy) is 1. The van der Waals surface area contributed by atoms with Gasteiger partial charge in [-0.25, -0.2) is 9.97 Å². The Morgan fingerprint density at radius 3 is 2.88 bits per heavy atom. The molecule has 0 fully saturated rings. The minimum atomic E-state index is -0.0809. The van der Waals surface area contributed by atoms with Gasteiger partial charge in [0.25, 0.3) is 5.56 Å². The van der Waals surface area contributed by atoms with Crippen LogP contribution >= 0.6 is 22.9 Å². The number of benzene rings is 2. The molecule has 0 bridgehead atoms. The zero-order valence-electron chi connectivity index (χ0n) is 12.9. The molecule has 2 heterocycles. The molecule has 4 aromatic rings. The van der Waals surface area contributed by atoms with Gasteiger partial charge >= 0.3 is 0 Å². The molecule has 0 radical (unpaired) electrons. The molecule has 24 heavy (non-hydrogen) atoms. The number of halogens is 1. The van der Waals surface area contributed by atoms with E-state index in [0.29, 0.717) is 21.7 Å². The summed E-state index contributed by atoms with van der Waals surface area (Å²) >= 11 is 7.80. The number of rotatable bonds is 2. The highest BCUT2D eigenvalue weighted by molar-refractivity contribution is 7.21. The number of nitrogens with zero attached hydrogens (tertiary/aromatic N) is 3. The number of hydrogen-bond acceptors (Lipinski definition) is 5. The van der Waals surface area contributed by atoms with E-state index in [1.807, 2.05) is 18.2 Å². The van der Waals surface area contributed by atoms with Gasteiger partial charge in [0.05, 0.1) is 34.1 Å². The maximum Gasteiger partial charge on any atom is 0.260 e. The molecule has 5 nitrogen and oxygen atoms in total. The molecular formula is C17H12ClN3O2S. The fraction of sp³-hybridized carbons (Fsp3) is 0.118. The predicted molar refractivity (Wildman–Crippen MR) is 97.2 cm³/mol. The fourth-order valence-corrected chi connectivity index (χ4v) is 3.97. The third-order valence-electron chi connectivity index (χ3n) is 3.83. The summed E-state index contributed by atoms with van der Waals surface area (Å²) in [5, 5.41) is 1.88. The van der Waals surface area contributed by atoms with Crippen LogP contribution in [0.1, 0.15) is 0 Å². The number of thiazole rings is 1. The molecule has 0 aliphatic heterocycles. The summed E-state index contributed by atoms with van der Waals surface area (Å²) in [4.78, 5) is 21.3. The fourth-order valence-electron chi connectivity index (χ4n) is 2.61. The van der Waals surface area contributed by atoms with Crippen LogP contribution in [0.3, 0.4) is 0 Å². The van der Waals surface area contributed by atoms with Gasteiger partial charge in [-0.1, -0.05) is 17.7 Å². The quantitative estimate of drug-likeness (QED) is 0.546. The number of para-hydroxylation sites is 1. The van der Waals surface area contributed by atoms with Gasteiger partial charge in [0.2, 0.25) is 0 Å². The molecule has 0 saturated carbocycles. The maximum atomic E-state index is 12.3. The van der Waals surface area contributed by atoms with E-state index >= 15 is 0 Å². The second-order valence-electron chi connectivity index (χ2n) is 5.34. The molecular weight excluding hydrogens is 346 g/mol. The lowest BCUT2D eigenvalue weighted by Gasteiger charge is -2.04. The largest absolute Gasteiger partial charge is 0.497 e. The first-order valence-corrected chi connectivity index (χ1v) is 8.36. The van der Waals surface area contributed by atoms with E-state index in [0.717, 1.165) is 20.8 Å². The Balaban J connectivity index is 2.01. The highest BCUT2D eigenvalue weighted by atomic mass is 35.5. The van der Waals surface area contributed by atoms with Crippen molar-refractivity contribution in [3.8, 4) is 16.3 Å². The molecule has 120 valence electrons. The molecule has 4 rings (SSSR count).